The third-order valence-electron chi connectivity index (χ3n) is 10.9. The lowest BCUT2D eigenvalue weighted by molar-refractivity contribution is -0.155. The zero-order chi connectivity index (χ0) is 52.8. The lowest BCUT2D eigenvalue weighted by Crippen LogP contribution is -2.49. The zero-order valence-corrected chi connectivity index (χ0v) is 42.8. The third kappa shape index (κ3) is 20.3. The van der Waals surface area contributed by atoms with Crippen LogP contribution in [0.2, 0.25) is 0 Å². The van der Waals surface area contributed by atoms with Crippen LogP contribution in [0.5, 0.6) is 11.5 Å². The van der Waals surface area contributed by atoms with Gasteiger partial charge in [-0.25, -0.2) is 9.59 Å². The van der Waals surface area contributed by atoms with Gasteiger partial charge in [-0.2, -0.15) is 0 Å². The Balaban J connectivity index is 1.13. The van der Waals surface area contributed by atoms with Crippen molar-refractivity contribution in [3.05, 3.63) is 58.0 Å². The van der Waals surface area contributed by atoms with Crippen LogP contribution in [0, 0.1) is 0 Å². The topological polar surface area (TPSA) is 291 Å². The first-order valence-electron chi connectivity index (χ1n) is 24.2. The van der Waals surface area contributed by atoms with Crippen LogP contribution in [0.3, 0.4) is 0 Å². The molecule has 4 rings (SSSR count). The predicted octanol–water partition coefficient (Wildman–Crippen LogP) is 6.07. The minimum Gasteiger partial charge on any atom is -0.504 e. The van der Waals surface area contributed by atoms with Gasteiger partial charge in [-0.1, -0.05) is 17.2 Å². The van der Waals surface area contributed by atoms with Gasteiger partial charge in [0.2, 0.25) is 11.8 Å². The summed E-state index contributed by atoms with van der Waals surface area (Å²) in [4.78, 5) is 83.4. The normalized spacial score (nSPS) is 15.6. The molecule has 2 aromatic rings. The SMILES string of the molecule is COc1cc2c(cc1O)N(C(=O)OCc1ccc(NC(COCCOCCOCCC(=O)N[C@@H](CCCCNC(=O)OC(C)(C)C)C(=O)N[C@@H](C)CC(=O)OC(C)(C)C)N=[N+]=[N-])cc1)CC1CCCN1C2=O. The number of alkyl carbamates (subject to hydrolysis) is 1. The van der Waals surface area contributed by atoms with Crippen molar-refractivity contribution in [1.82, 2.24) is 20.9 Å². The number of phenols is 1. The average Bonchev–Trinajstić information content (AvgIpc) is 3.73. The molecule has 5 N–H and O–H groups in total. The number of phenolic OH excluding ortho intramolecular Hbond substituents is 1. The van der Waals surface area contributed by atoms with Gasteiger partial charge in [-0.05, 0) is 110 Å². The molecule has 0 radical (unpaired) electrons. The van der Waals surface area contributed by atoms with E-state index in [0.29, 0.717) is 37.2 Å². The van der Waals surface area contributed by atoms with Crippen molar-refractivity contribution in [2.24, 2.45) is 5.11 Å². The minimum atomic E-state index is -0.893. The van der Waals surface area contributed by atoms with Crippen LogP contribution in [0.15, 0.2) is 41.5 Å². The predicted molar refractivity (Wildman–Crippen MR) is 264 cm³/mol. The molecule has 2 unspecified atom stereocenters. The van der Waals surface area contributed by atoms with E-state index in [2.05, 4.69) is 31.3 Å². The number of fused-ring (bicyclic) bond motifs is 2. The van der Waals surface area contributed by atoms with Gasteiger partial charge in [0.25, 0.3) is 5.91 Å². The maximum Gasteiger partial charge on any atom is 0.414 e. The maximum absolute atomic E-state index is 13.5. The Morgan fingerprint density at radius 3 is 2.26 bits per heavy atom. The average molecular weight is 1010 g/mol. The van der Waals surface area contributed by atoms with Crippen LogP contribution in [0.4, 0.5) is 21.0 Å². The second-order valence-corrected chi connectivity index (χ2v) is 19.4. The minimum absolute atomic E-state index is 0.0223. The van der Waals surface area contributed by atoms with Gasteiger partial charge < -0.3 is 64.4 Å². The van der Waals surface area contributed by atoms with E-state index in [9.17, 15) is 33.9 Å². The number of hydrogen-bond acceptors (Lipinski definition) is 16. The van der Waals surface area contributed by atoms with Crippen LogP contribution in [0.25, 0.3) is 10.4 Å². The van der Waals surface area contributed by atoms with Crippen LogP contribution in [0.1, 0.15) is 109 Å². The smallest absolute Gasteiger partial charge is 0.414 e. The number of hydrogen-bond donors (Lipinski definition) is 5. The summed E-state index contributed by atoms with van der Waals surface area (Å²) >= 11 is 0. The van der Waals surface area contributed by atoms with Crippen molar-refractivity contribution in [3.63, 3.8) is 0 Å². The van der Waals surface area contributed by atoms with E-state index < -0.39 is 59.4 Å². The van der Waals surface area contributed by atoms with E-state index in [1.54, 1.807) is 77.6 Å². The van der Waals surface area contributed by atoms with E-state index in [1.807, 2.05) is 0 Å². The van der Waals surface area contributed by atoms with Gasteiger partial charge in [-0.15, -0.1) is 0 Å². The van der Waals surface area contributed by atoms with Crippen molar-refractivity contribution >= 4 is 47.3 Å². The number of azide groups is 1. The lowest BCUT2D eigenvalue weighted by Gasteiger charge is -2.26. The first kappa shape index (κ1) is 58.0. The molecule has 1 fully saturated rings. The molecule has 398 valence electrons. The molecule has 1 saturated heterocycles. The molecule has 2 heterocycles. The van der Waals surface area contributed by atoms with Gasteiger partial charge in [0.05, 0.1) is 70.5 Å². The third-order valence-corrected chi connectivity index (χ3v) is 10.9. The highest BCUT2D eigenvalue weighted by Gasteiger charge is 2.39. The molecule has 5 amide bonds. The first-order valence-corrected chi connectivity index (χ1v) is 24.2. The van der Waals surface area contributed by atoms with E-state index in [0.717, 1.165) is 12.8 Å². The number of carbonyl (C=O) groups is 6. The summed E-state index contributed by atoms with van der Waals surface area (Å²) in [7, 11) is 1.39. The van der Waals surface area contributed by atoms with Gasteiger partial charge in [-0.3, -0.25) is 24.1 Å². The number of unbranched alkanes of at least 4 members (excludes halogenated alkanes) is 1. The molecule has 72 heavy (non-hydrogen) atoms. The number of aromatic hydroxyl groups is 1. The Bertz CT molecular complexity index is 2180. The van der Waals surface area contributed by atoms with Crippen LogP contribution < -0.4 is 30.9 Å². The summed E-state index contributed by atoms with van der Waals surface area (Å²) < 4.78 is 38.3. The zero-order valence-electron chi connectivity index (χ0n) is 42.8. The molecule has 23 heteroatoms. The van der Waals surface area contributed by atoms with Crippen LogP contribution >= 0.6 is 0 Å². The van der Waals surface area contributed by atoms with E-state index in [4.69, 9.17) is 38.7 Å². The molecule has 0 aliphatic carbocycles. The van der Waals surface area contributed by atoms with Gasteiger partial charge >= 0.3 is 18.2 Å². The molecule has 23 nitrogen and oxygen atoms in total. The Morgan fingerprint density at radius 2 is 1.60 bits per heavy atom. The Kier molecular flexibility index (Phi) is 23.0. The van der Waals surface area contributed by atoms with Crippen molar-refractivity contribution in [2.75, 3.05) is 76.6 Å². The van der Waals surface area contributed by atoms with Gasteiger partial charge in [0, 0.05) is 48.8 Å². The quantitative estimate of drug-likeness (QED) is 0.0170. The Hall–Kier alpha value is -6.55. The summed E-state index contributed by atoms with van der Waals surface area (Å²) in [6.07, 6.45) is 0.819. The highest BCUT2D eigenvalue weighted by Crippen LogP contribution is 2.39. The molecule has 2 aliphatic heterocycles. The van der Waals surface area contributed by atoms with Gasteiger partial charge in [0.1, 0.15) is 30.0 Å². The molecular formula is C49H73N9O14. The molecule has 0 spiro atoms. The molecule has 0 saturated carbocycles. The van der Waals surface area contributed by atoms with Crippen LogP contribution in [-0.4, -0.2) is 148 Å². The lowest BCUT2D eigenvalue weighted by atomic mass is 10.1. The number of amides is 5. The number of nitrogens with zero attached hydrogens (tertiary/aromatic N) is 5. The van der Waals surface area contributed by atoms with Crippen molar-refractivity contribution < 1.29 is 67.0 Å². The molecular weight excluding hydrogens is 939 g/mol. The number of anilines is 2. The summed E-state index contributed by atoms with van der Waals surface area (Å²) in [5.74, 6) is -1.63. The molecule has 0 bridgehead atoms. The Labute approximate surface area is 420 Å². The molecule has 4 atom stereocenters. The van der Waals surface area contributed by atoms with Gasteiger partial charge in [0.15, 0.2) is 11.5 Å². The fourth-order valence-electron chi connectivity index (χ4n) is 7.66. The highest BCUT2D eigenvalue weighted by molar-refractivity contribution is 6.05. The van der Waals surface area contributed by atoms with E-state index >= 15 is 0 Å². The molecule has 0 aromatic heterocycles. The fourth-order valence-corrected chi connectivity index (χ4v) is 7.66. The monoisotopic (exact) mass is 1010 g/mol. The first-order chi connectivity index (χ1) is 34.2. The number of rotatable bonds is 27. The number of carbonyl (C=O) groups excluding carboxylic acids is 6. The van der Waals surface area contributed by atoms with Crippen molar-refractivity contribution in [3.8, 4) is 11.5 Å². The fraction of sp³-hybridized carbons (Fsp3) is 0.633. The van der Waals surface area contributed by atoms with E-state index in [-0.39, 0.29) is 107 Å². The summed E-state index contributed by atoms with van der Waals surface area (Å²) in [5.41, 5.74) is 9.63. The standard InChI is InChI=1S/C49H73N9O14/c1-32(26-43(61)71-48(2,3)4)52-44(62)37(13-9-10-19-51-46(64)72-49(5,6)7)54-42(60)18-21-67-22-23-68-24-25-69-31-41(55-56-50)53-34-16-14-33(15-17-34)30-70-47(65)58-29-35-12-11-20-57(35)45(63)36-27-40(66-8)39(59)28-38(36)58/h14-17,27-28,32,35,37,41,53,59H,9-13,18-26,29-31H2,1-8H3,(H,51,64)(H,52,62)(H,54,60)/t32-,35?,37-,41?/m0/s1. The second-order valence-electron chi connectivity index (χ2n) is 19.4. The van der Waals surface area contributed by atoms with Crippen molar-refractivity contribution in [2.45, 2.75) is 136 Å². The number of methoxy groups -OCH3 is 1. The summed E-state index contributed by atoms with van der Waals surface area (Å²) in [5, 5.41) is 25.6. The van der Waals surface area contributed by atoms with Crippen molar-refractivity contribution in [1.29, 1.82) is 0 Å². The highest BCUT2D eigenvalue weighted by atomic mass is 16.6. The summed E-state index contributed by atoms with van der Waals surface area (Å²) in [6.45, 7) is 14.2. The largest absolute Gasteiger partial charge is 0.504 e. The number of benzene rings is 2. The Morgan fingerprint density at radius 1 is 0.917 bits per heavy atom. The summed E-state index contributed by atoms with van der Waals surface area (Å²) in [6, 6.07) is 8.12. The number of ether oxygens (including phenoxy) is 7. The number of nitrogens with one attached hydrogen (secondary N) is 4. The number of esters is 1. The molecule has 2 aromatic carbocycles. The second kappa shape index (κ2) is 28.5. The molecule has 2 aliphatic rings. The van der Waals surface area contributed by atoms with E-state index in [1.165, 1.54) is 24.1 Å². The maximum atomic E-state index is 13.5. The van der Waals surface area contributed by atoms with Crippen LogP contribution in [-0.2, 0) is 49.4 Å².